The first-order valence-corrected chi connectivity index (χ1v) is 8.21. The average molecular weight is 316 g/mol. The number of hydrogen-bond donors (Lipinski definition) is 1. The van der Waals surface area contributed by atoms with Crippen LogP contribution >= 0.6 is 23.2 Å². The predicted molar refractivity (Wildman–Crippen MR) is 85.5 cm³/mol. The Balaban J connectivity index is 1.94. The summed E-state index contributed by atoms with van der Waals surface area (Å²) >= 11 is 12.2. The van der Waals surface area contributed by atoms with Gasteiger partial charge in [-0.1, -0.05) is 48.2 Å². The number of likely N-dealkylation sites (tertiary alicyclic amines) is 1. The second-order valence-electron chi connectivity index (χ2n) is 5.68. The molecule has 2 atom stereocenters. The summed E-state index contributed by atoms with van der Waals surface area (Å²) in [5.74, 6) is 0. The zero-order valence-corrected chi connectivity index (χ0v) is 13.5. The van der Waals surface area contributed by atoms with Gasteiger partial charge in [-0.3, -0.25) is 0 Å². The minimum Gasteiger partial charge on any atom is -0.388 e. The Hall–Kier alpha value is -0.280. The summed E-state index contributed by atoms with van der Waals surface area (Å²) in [5.41, 5.74) is 0.738. The second-order valence-corrected chi connectivity index (χ2v) is 6.47. The largest absolute Gasteiger partial charge is 0.388 e. The van der Waals surface area contributed by atoms with Gasteiger partial charge in [-0.25, -0.2) is 0 Å². The third-order valence-electron chi connectivity index (χ3n) is 4.22. The van der Waals surface area contributed by atoms with E-state index >= 15 is 0 Å². The standard InChI is InChI=1S/C16H23Cl2NO/c1-12-6-3-2-4-10-19(12)11-9-15(20)13-7-5-8-14(17)16(13)18/h5,7-8,12,15,20H,2-4,6,9-11H2,1H3. The first kappa shape index (κ1) is 16.1. The Bertz CT molecular complexity index is 438. The van der Waals surface area contributed by atoms with Crippen molar-refractivity contribution in [3.05, 3.63) is 33.8 Å². The van der Waals surface area contributed by atoms with Crippen molar-refractivity contribution in [2.45, 2.75) is 51.2 Å². The number of nitrogens with zero attached hydrogens (tertiary/aromatic N) is 1. The van der Waals surface area contributed by atoms with Crippen LogP contribution in [0.25, 0.3) is 0 Å². The Morgan fingerprint density at radius 3 is 2.90 bits per heavy atom. The monoisotopic (exact) mass is 315 g/mol. The molecule has 0 amide bonds. The molecule has 4 heteroatoms. The average Bonchev–Trinajstić information content (AvgIpc) is 2.64. The number of hydrogen-bond acceptors (Lipinski definition) is 2. The van der Waals surface area contributed by atoms with Gasteiger partial charge in [0.25, 0.3) is 0 Å². The number of benzene rings is 1. The molecule has 1 heterocycles. The molecule has 1 aliphatic rings. The normalized spacial score (nSPS) is 22.5. The van der Waals surface area contributed by atoms with Crippen molar-refractivity contribution in [1.82, 2.24) is 4.90 Å². The summed E-state index contributed by atoms with van der Waals surface area (Å²) < 4.78 is 0. The zero-order chi connectivity index (χ0) is 14.5. The molecule has 0 saturated carbocycles. The van der Waals surface area contributed by atoms with E-state index in [1.54, 1.807) is 6.07 Å². The van der Waals surface area contributed by atoms with E-state index in [0.717, 1.165) is 18.7 Å². The van der Waals surface area contributed by atoms with Gasteiger partial charge < -0.3 is 10.0 Å². The third-order valence-corrected chi connectivity index (χ3v) is 5.05. The molecule has 0 spiro atoms. The van der Waals surface area contributed by atoms with Gasteiger partial charge in [0.05, 0.1) is 16.1 Å². The van der Waals surface area contributed by atoms with Crippen LogP contribution in [0, 0.1) is 0 Å². The number of aliphatic hydroxyl groups excluding tert-OH is 1. The summed E-state index contributed by atoms with van der Waals surface area (Å²) in [6, 6.07) is 6.04. The lowest BCUT2D eigenvalue weighted by Crippen LogP contribution is -2.34. The van der Waals surface area contributed by atoms with E-state index in [-0.39, 0.29) is 0 Å². The molecule has 1 aromatic carbocycles. The highest BCUT2D eigenvalue weighted by Crippen LogP contribution is 2.31. The molecule has 1 saturated heterocycles. The summed E-state index contributed by atoms with van der Waals surface area (Å²) in [4.78, 5) is 2.48. The number of aliphatic hydroxyl groups is 1. The molecule has 0 aliphatic carbocycles. The molecule has 0 bridgehead atoms. The molecule has 2 nitrogen and oxygen atoms in total. The predicted octanol–water partition coefficient (Wildman–Crippen LogP) is 4.68. The Kier molecular flexibility index (Phi) is 6.16. The number of rotatable bonds is 4. The van der Waals surface area contributed by atoms with Gasteiger partial charge in [-0.15, -0.1) is 0 Å². The van der Waals surface area contributed by atoms with Crippen LogP contribution in [-0.4, -0.2) is 29.1 Å². The first-order valence-electron chi connectivity index (χ1n) is 7.45. The third kappa shape index (κ3) is 4.11. The molecule has 1 aliphatic heterocycles. The van der Waals surface area contributed by atoms with Crippen molar-refractivity contribution >= 4 is 23.2 Å². The van der Waals surface area contributed by atoms with E-state index < -0.39 is 6.10 Å². The Labute approximate surface area is 131 Å². The highest BCUT2D eigenvalue weighted by Gasteiger charge is 2.19. The summed E-state index contributed by atoms with van der Waals surface area (Å²) in [6.07, 6.45) is 5.32. The molecule has 0 aromatic heterocycles. The lowest BCUT2D eigenvalue weighted by atomic mass is 10.1. The highest BCUT2D eigenvalue weighted by molar-refractivity contribution is 6.42. The van der Waals surface area contributed by atoms with Crippen LogP contribution in [0.1, 0.15) is 50.7 Å². The Morgan fingerprint density at radius 1 is 1.30 bits per heavy atom. The molecule has 112 valence electrons. The van der Waals surface area contributed by atoms with Crippen LogP contribution in [0.15, 0.2) is 18.2 Å². The van der Waals surface area contributed by atoms with Gasteiger partial charge in [0.1, 0.15) is 0 Å². The van der Waals surface area contributed by atoms with Crippen LogP contribution in [0.2, 0.25) is 10.0 Å². The maximum absolute atomic E-state index is 10.3. The SMILES string of the molecule is CC1CCCCCN1CCC(O)c1cccc(Cl)c1Cl. The van der Waals surface area contributed by atoms with Gasteiger partial charge in [0, 0.05) is 18.2 Å². The summed E-state index contributed by atoms with van der Waals surface area (Å²) in [7, 11) is 0. The highest BCUT2D eigenvalue weighted by atomic mass is 35.5. The molecule has 1 fully saturated rings. The molecule has 20 heavy (non-hydrogen) atoms. The second kappa shape index (κ2) is 7.65. The molecule has 1 aromatic rings. The molecule has 2 rings (SSSR count). The first-order chi connectivity index (χ1) is 9.59. The van der Waals surface area contributed by atoms with Crippen molar-refractivity contribution in [1.29, 1.82) is 0 Å². The van der Waals surface area contributed by atoms with Crippen LogP contribution in [0.4, 0.5) is 0 Å². The summed E-state index contributed by atoms with van der Waals surface area (Å²) in [6.45, 7) is 4.33. The van der Waals surface area contributed by atoms with Crippen molar-refractivity contribution in [3.63, 3.8) is 0 Å². The van der Waals surface area contributed by atoms with E-state index in [0.29, 0.717) is 22.5 Å². The molecule has 1 N–H and O–H groups in total. The van der Waals surface area contributed by atoms with Gasteiger partial charge in [-0.05, 0) is 38.8 Å². The summed E-state index contributed by atoms with van der Waals surface area (Å²) in [5, 5.41) is 11.3. The fraction of sp³-hybridized carbons (Fsp3) is 0.625. The van der Waals surface area contributed by atoms with Crippen molar-refractivity contribution < 1.29 is 5.11 Å². The van der Waals surface area contributed by atoms with Crippen LogP contribution in [-0.2, 0) is 0 Å². The van der Waals surface area contributed by atoms with Crippen molar-refractivity contribution in [3.8, 4) is 0 Å². The maximum atomic E-state index is 10.3. The molecule has 0 radical (unpaired) electrons. The Morgan fingerprint density at radius 2 is 2.10 bits per heavy atom. The van der Waals surface area contributed by atoms with Crippen LogP contribution in [0.5, 0.6) is 0 Å². The van der Waals surface area contributed by atoms with E-state index in [4.69, 9.17) is 23.2 Å². The van der Waals surface area contributed by atoms with Crippen LogP contribution < -0.4 is 0 Å². The topological polar surface area (TPSA) is 23.5 Å². The molecular formula is C16H23Cl2NO. The zero-order valence-electron chi connectivity index (χ0n) is 12.0. The van der Waals surface area contributed by atoms with E-state index in [1.165, 1.54) is 25.7 Å². The minimum atomic E-state index is -0.545. The van der Waals surface area contributed by atoms with Crippen molar-refractivity contribution in [2.75, 3.05) is 13.1 Å². The van der Waals surface area contributed by atoms with Crippen molar-refractivity contribution in [2.24, 2.45) is 0 Å². The number of halogens is 2. The van der Waals surface area contributed by atoms with E-state index in [2.05, 4.69) is 11.8 Å². The quantitative estimate of drug-likeness (QED) is 0.872. The lowest BCUT2D eigenvalue weighted by Gasteiger charge is -2.28. The van der Waals surface area contributed by atoms with E-state index in [9.17, 15) is 5.11 Å². The van der Waals surface area contributed by atoms with Crippen LogP contribution in [0.3, 0.4) is 0 Å². The van der Waals surface area contributed by atoms with E-state index in [1.807, 2.05) is 12.1 Å². The maximum Gasteiger partial charge on any atom is 0.0817 e. The fourth-order valence-corrected chi connectivity index (χ4v) is 3.32. The lowest BCUT2D eigenvalue weighted by molar-refractivity contribution is 0.128. The molecule has 2 unspecified atom stereocenters. The minimum absolute atomic E-state index is 0.477. The fourth-order valence-electron chi connectivity index (χ4n) is 2.89. The van der Waals surface area contributed by atoms with Gasteiger partial charge in [0.15, 0.2) is 0 Å². The van der Waals surface area contributed by atoms with Gasteiger partial charge in [0.2, 0.25) is 0 Å². The molecular weight excluding hydrogens is 293 g/mol. The smallest absolute Gasteiger partial charge is 0.0817 e. The van der Waals surface area contributed by atoms with Gasteiger partial charge in [-0.2, -0.15) is 0 Å². The van der Waals surface area contributed by atoms with Gasteiger partial charge >= 0.3 is 0 Å².